The first-order valence-electron chi connectivity index (χ1n) is 4.86. The first-order chi connectivity index (χ1) is 7.03. The highest BCUT2D eigenvalue weighted by molar-refractivity contribution is 9.10. The summed E-state index contributed by atoms with van der Waals surface area (Å²) in [5, 5.41) is 0.416. The molecule has 1 heterocycles. The Labute approximate surface area is 103 Å². The third-order valence-electron chi connectivity index (χ3n) is 2.31. The van der Waals surface area contributed by atoms with E-state index in [4.69, 9.17) is 16.3 Å². The van der Waals surface area contributed by atoms with E-state index in [-0.39, 0.29) is 0 Å². The van der Waals surface area contributed by atoms with Crippen LogP contribution in [0.1, 0.15) is 33.0 Å². The van der Waals surface area contributed by atoms with Crippen molar-refractivity contribution in [3.8, 4) is 0 Å². The molecule has 1 unspecified atom stereocenters. The fourth-order valence-corrected chi connectivity index (χ4v) is 1.56. The monoisotopic (exact) mass is 292 g/mol. The van der Waals surface area contributed by atoms with Gasteiger partial charge in [0, 0.05) is 12.8 Å². The quantitative estimate of drug-likeness (QED) is 0.796. The Morgan fingerprint density at radius 3 is 2.67 bits per heavy atom. The SMILES string of the molecule is CCOC(C)(CC)c1ncc(Br)c(Cl)n1. The standard InChI is InChI=1S/C10H14BrClN2O/c1-4-10(3,15-5-2)9-13-6-7(11)8(12)14-9/h6H,4-5H2,1-3H3. The second kappa shape index (κ2) is 5.23. The topological polar surface area (TPSA) is 35.0 Å². The summed E-state index contributed by atoms with van der Waals surface area (Å²) in [6.45, 7) is 6.58. The van der Waals surface area contributed by atoms with Crippen molar-refractivity contribution in [2.45, 2.75) is 32.8 Å². The zero-order valence-corrected chi connectivity index (χ0v) is 11.4. The lowest BCUT2D eigenvalue weighted by atomic mass is 10.0. The summed E-state index contributed by atoms with van der Waals surface area (Å²) in [5.41, 5.74) is -0.459. The fourth-order valence-electron chi connectivity index (χ4n) is 1.24. The summed E-state index contributed by atoms with van der Waals surface area (Å²) in [6.07, 6.45) is 2.45. The van der Waals surface area contributed by atoms with Crippen molar-refractivity contribution in [1.29, 1.82) is 0 Å². The van der Waals surface area contributed by atoms with Crippen molar-refractivity contribution in [3.05, 3.63) is 21.6 Å². The molecule has 1 aromatic heterocycles. The molecule has 3 nitrogen and oxygen atoms in total. The number of hydrogen-bond acceptors (Lipinski definition) is 3. The van der Waals surface area contributed by atoms with Gasteiger partial charge in [-0.15, -0.1) is 0 Å². The number of nitrogens with zero attached hydrogens (tertiary/aromatic N) is 2. The minimum absolute atomic E-state index is 0.416. The average Bonchev–Trinajstić information content (AvgIpc) is 2.22. The molecule has 0 fully saturated rings. The second-order valence-electron chi connectivity index (χ2n) is 3.35. The van der Waals surface area contributed by atoms with Gasteiger partial charge in [-0.2, -0.15) is 0 Å². The molecule has 0 spiro atoms. The molecule has 0 aliphatic rings. The number of hydrogen-bond donors (Lipinski definition) is 0. The zero-order valence-electron chi connectivity index (χ0n) is 9.05. The van der Waals surface area contributed by atoms with Crippen LogP contribution in [0.25, 0.3) is 0 Å². The lowest BCUT2D eigenvalue weighted by Crippen LogP contribution is -2.27. The van der Waals surface area contributed by atoms with Crippen LogP contribution in [0.4, 0.5) is 0 Å². The van der Waals surface area contributed by atoms with E-state index in [1.165, 1.54) is 0 Å². The van der Waals surface area contributed by atoms with Crippen molar-refractivity contribution in [2.75, 3.05) is 6.61 Å². The Bertz CT molecular complexity index is 348. The van der Waals surface area contributed by atoms with Gasteiger partial charge < -0.3 is 4.74 Å². The number of rotatable bonds is 4. The summed E-state index contributed by atoms with van der Waals surface area (Å²) in [5.74, 6) is 0.625. The summed E-state index contributed by atoms with van der Waals surface area (Å²) in [4.78, 5) is 8.45. The number of halogens is 2. The highest BCUT2D eigenvalue weighted by Gasteiger charge is 2.28. The molecule has 1 aromatic rings. The Morgan fingerprint density at radius 2 is 2.20 bits per heavy atom. The van der Waals surface area contributed by atoms with Gasteiger partial charge in [-0.3, -0.25) is 0 Å². The molecular formula is C10H14BrClN2O. The first-order valence-corrected chi connectivity index (χ1v) is 6.03. The van der Waals surface area contributed by atoms with E-state index >= 15 is 0 Å². The normalized spacial score (nSPS) is 15.0. The van der Waals surface area contributed by atoms with Crippen molar-refractivity contribution in [2.24, 2.45) is 0 Å². The fraction of sp³-hybridized carbons (Fsp3) is 0.600. The average molecular weight is 294 g/mol. The van der Waals surface area contributed by atoms with Gasteiger partial charge in [-0.25, -0.2) is 9.97 Å². The van der Waals surface area contributed by atoms with E-state index in [0.29, 0.717) is 22.1 Å². The Kier molecular flexibility index (Phi) is 4.49. The molecule has 0 bridgehead atoms. The number of ether oxygens (including phenoxy) is 1. The van der Waals surface area contributed by atoms with Crippen molar-refractivity contribution >= 4 is 27.5 Å². The van der Waals surface area contributed by atoms with Crippen LogP contribution in [0.5, 0.6) is 0 Å². The maximum Gasteiger partial charge on any atom is 0.161 e. The van der Waals surface area contributed by atoms with Gasteiger partial charge in [0.05, 0.1) is 4.47 Å². The molecule has 84 valence electrons. The number of aromatic nitrogens is 2. The van der Waals surface area contributed by atoms with Crippen LogP contribution in [0, 0.1) is 0 Å². The molecule has 0 saturated heterocycles. The maximum absolute atomic E-state index is 5.92. The molecule has 0 amide bonds. The molecule has 15 heavy (non-hydrogen) atoms. The highest BCUT2D eigenvalue weighted by atomic mass is 79.9. The molecule has 5 heteroatoms. The lowest BCUT2D eigenvalue weighted by Gasteiger charge is -2.26. The maximum atomic E-state index is 5.92. The predicted octanol–water partition coefficient (Wildman–Crippen LogP) is 3.55. The second-order valence-corrected chi connectivity index (χ2v) is 4.56. The van der Waals surface area contributed by atoms with Gasteiger partial charge in [0.15, 0.2) is 5.82 Å². The van der Waals surface area contributed by atoms with Gasteiger partial charge in [-0.1, -0.05) is 18.5 Å². The Morgan fingerprint density at radius 1 is 1.53 bits per heavy atom. The molecule has 0 aliphatic heterocycles. The van der Waals surface area contributed by atoms with Gasteiger partial charge in [-0.05, 0) is 36.2 Å². The van der Waals surface area contributed by atoms with E-state index < -0.39 is 5.60 Å². The molecule has 1 rings (SSSR count). The van der Waals surface area contributed by atoms with Crippen LogP contribution in [0.15, 0.2) is 10.7 Å². The largest absolute Gasteiger partial charge is 0.368 e. The third-order valence-corrected chi connectivity index (χ3v) is 3.41. The van der Waals surface area contributed by atoms with Gasteiger partial charge >= 0.3 is 0 Å². The van der Waals surface area contributed by atoms with Crippen LogP contribution in [0.3, 0.4) is 0 Å². The van der Waals surface area contributed by atoms with E-state index in [2.05, 4.69) is 25.9 Å². The summed E-state index contributed by atoms with van der Waals surface area (Å²) >= 11 is 9.18. The molecule has 0 saturated carbocycles. The van der Waals surface area contributed by atoms with Crippen LogP contribution in [-0.2, 0) is 10.3 Å². The van der Waals surface area contributed by atoms with Crippen LogP contribution < -0.4 is 0 Å². The molecular weight excluding hydrogens is 279 g/mol. The van der Waals surface area contributed by atoms with E-state index in [0.717, 1.165) is 6.42 Å². The van der Waals surface area contributed by atoms with E-state index in [1.54, 1.807) is 6.20 Å². The summed E-state index contributed by atoms with van der Waals surface area (Å²) in [7, 11) is 0. The Hall–Kier alpha value is -0.190. The lowest BCUT2D eigenvalue weighted by molar-refractivity contribution is -0.0390. The van der Waals surface area contributed by atoms with Crippen LogP contribution >= 0.6 is 27.5 Å². The molecule has 0 aromatic carbocycles. The van der Waals surface area contributed by atoms with Crippen molar-refractivity contribution in [3.63, 3.8) is 0 Å². The van der Waals surface area contributed by atoms with Gasteiger partial charge in [0.2, 0.25) is 0 Å². The van der Waals surface area contributed by atoms with Crippen LogP contribution in [-0.4, -0.2) is 16.6 Å². The van der Waals surface area contributed by atoms with Crippen molar-refractivity contribution in [1.82, 2.24) is 9.97 Å². The summed E-state index contributed by atoms with van der Waals surface area (Å²) in [6, 6.07) is 0. The summed E-state index contributed by atoms with van der Waals surface area (Å²) < 4.78 is 6.36. The predicted molar refractivity (Wildman–Crippen MR) is 64.0 cm³/mol. The van der Waals surface area contributed by atoms with E-state index in [1.807, 2.05) is 20.8 Å². The van der Waals surface area contributed by atoms with Crippen LogP contribution in [0.2, 0.25) is 5.15 Å². The van der Waals surface area contributed by atoms with E-state index in [9.17, 15) is 0 Å². The molecule has 0 radical (unpaired) electrons. The Balaban J connectivity index is 3.07. The minimum atomic E-state index is -0.459. The minimum Gasteiger partial charge on any atom is -0.368 e. The molecule has 1 atom stereocenters. The van der Waals surface area contributed by atoms with Gasteiger partial charge in [0.25, 0.3) is 0 Å². The van der Waals surface area contributed by atoms with Gasteiger partial charge in [0.1, 0.15) is 10.8 Å². The molecule has 0 N–H and O–H groups in total. The third kappa shape index (κ3) is 2.89. The smallest absolute Gasteiger partial charge is 0.161 e. The zero-order chi connectivity index (χ0) is 11.5. The first kappa shape index (κ1) is 12.9. The molecule has 0 aliphatic carbocycles. The van der Waals surface area contributed by atoms with Crippen molar-refractivity contribution < 1.29 is 4.74 Å². The highest BCUT2D eigenvalue weighted by Crippen LogP contribution is 2.28.